The van der Waals surface area contributed by atoms with Crippen molar-refractivity contribution in [2.45, 2.75) is 316 Å². The van der Waals surface area contributed by atoms with Crippen molar-refractivity contribution in [3.05, 3.63) is 0 Å². The van der Waals surface area contributed by atoms with E-state index in [1.165, 1.54) is 238 Å². The van der Waals surface area contributed by atoms with E-state index in [0.29, 0.717) is 26.1 Å². The molecule has 0 fully saturated rings. The number of carbonyl (C=O) groups excluding carboxylic acids is 2. The molecule has 0 aromatic heterocycles. The lowest BCUT2D eigenvalue weighted by atomic mass is 10.0. The van der Waals surface area contributed by atoms with E-state index in [4.69, 9.17) is 9.47 Å². The zero-order valence-electron chi connectivity index (χ0n) is 39.3. The third-order valence-electron chi connectivity index (χ3n) is 12.3. The molecule has 0 aliphatic carbocycles. The SMILES string of the molecule is CCCCCCCCCCCCCCCCCCCCCC(=O)OCCCCCCCCCOC(=O)CCCCCCCCCCCCCCCCCCCCC. The highest BCUT2D eigenvalue weighted by Gasteiger charge is 2.05. The van der Waals surface area contributed by atoms with Gasteiger partial charge >= 0.3 is 11.9 Å². The minimum atomic E-state index is -0.00748. The molecule has 0 bridgehead atoms. The predicted molar refractivity (Wildman–Crippen MR) is 250 cm³/mol. The topological polar surface area (TPSA) is 52.6 Å². The van der Waals surface area contributed by atoms with Gasteiger partial charge in [-0.1, -0.05) is 277 Å². The van der Waals surface area contributed by atoms with Crippen molar-refractivity contribution in [2.75, 3.05) is 13.2 Å². The van der Waals surface area contributed by atoms with Gasteiger partial charge in [-0.25, -0.2) is 0 Å². The smallest absolute Gasteiger partial charge is 0.305 e. The lowest BCUT2D eigenvalue weighted by molar-refractivity contribution is -0.144. The molecule has 0 amide bonds. The third-order valence-corrected chi connectivity index (χ3v) is 12.3. The maximum atomic E-state index is 12.1. The Bertz CT molecular complexity index is 704. The number of hydrogen-bond acceptors (Lipinski definition) is 4. The zero-order chi connectivity index (χ0) is 41.2. The Morgan fingerprint density at radius 1 is 0.228 bits per heavy atom. The summed E-state index contributed by atoms with van der Waals surface area (Å²) in [6, 6.07) is 0. The van der Waals surface area contributed by atoms with Crippen LogP contribution in [0.15, 0.2) is 0 Å². The summed E-state index contributed by atoms with van der Waals surface area (Å²) in [6.45, 7) is 5.74. The Morgan fingerprint density at radius 3 is 0.579 bits per heavy atom. The first-order valence-electron chi connectivity index (χ1n) is 26.5. The van der Waals surface area contributed by atoms with Crippen molar-refractivity contribution in [1.29, 1.82) is 0 Å². The lowest BCUT2D eigenvalue weighted by Gasteiger charge is -2.06. The Labute approximate surface area is 358 Å². The molecule has 4 heteroatoms. The van der Waals surface area contributed by atoms with Crippen molar-refractivity contribution in [1.82, 2.24) is 0 Å². The van der Waals surface area contributed by atoms with Crippen LogP contribution >= 0.6 is 0 Å². The van der Waals surface area contributed by atoms with Gasteiger partial charge in [-0.15, -0.1) is 0 Å². The fourth-order valence-corrected chi connectivity index (χ4v) is 8.30. The minimum absolute atomic E-state index is 0.00748. The van der Waals surface area contributed by atoms with Gasteiger partial charge in [-0.05, 0) is 25.7 Å². The fourth-order valence-electron chi connectivity index (χ4n) is 8.30. The number of carbonyl (C=O) groups is 2. The van der Waals surface area contributed by atoms with Crippen LogP contribution in [-0.4, -0.2) is 25.2 Å². The molecule has 0 heterocycles. The molecule has 0 aromatic rings. The maximum absolute atomic E-state index is 12.1. The standard InChI is InChI=1S/C53H104O4/c1-3-5-7-9-11-13-15-17-19-21-23-25-27-29-31-33-36-40-44-48-52(54)56-50-46-42-38-35-39-43-47-51-57-53(55)49-45-41-37-34-32-30-28-26-24-22-20-18-16-14-12-10-8-6-4-2/h3-51H2,1-2H3. The lowest BCUT2D eigenvalue weighted by Crippen LogP contribution is -2.06. The molecule has 0 saturated heterocycles. The van der Waals surface area contributed by atoms with Crippen LogP contribution in [0.4, 0.5) is 0 Å². The highest BCUT2D eigenvalue weighted by molar-refractivity contribution is 5.69. The average molecular weight is 805 g/mol. The van der Waals surface area contributed by atoms with Crippen LogP contribution in [0.25, 0.3) is 0 Å². The molecule has 0 aliphatic rings. The van der Waals surface area contributed by atoms with Crippen LogP contribution in [0.1, 0.15) is 316 Å². The first-order valence-corrected chi connectivity index (χ1v) is 26.5. The molecule has 0 rings (SSSR count). The number of rotatable bonds is 50. The van der Waals surface area contributed by atoms with Crippen molar-refractivity contribution >= 4 is 11.9 Å². The van der Waals surface area contributed by atoms with E-state index >= 15 is 0 Å². The molecular weight excluding hydrogens is 701 g/mol. The summed E-state index contributed by atoms with van der Waals surface area (Å²) < 4.78 is 10.9. The van der Waals surface area contributed by atoms with E-state index in [0.717, 1.165) is 51.4 Å². The zero-order valence-corrected chi connectivity index (χ0v) is 39.3. The average Bonchev–Trinajstić information content (AvgIpc) is 3.21. The monoisotopic (exact) mass is 805 g/mol. The molecule has 0 saturated carbocycles. The fraction of sp³-hybridized carbons (Fsp3) is 0.962. The molecular formula is C53H104O4. The van der Waals surface area contributed by atoms with Gasteiger partial charge in [0.1, 0.15) is 0 Å². The molecule has 0 spiro atoms. The van der Waals surface area contributed by atoms with Crippen LogP contribution in [0, 0.1) is 0 Å². The molecule has 0 unspecified atom stereocenters. The second-order valence-electron chi connectivity index (χ2n) is 18.1. The second-order valence-corrected chi connectivity index (χ2v) is 18.1. The highest BCUT2D eigenvalue weighted by atomic mass is 16.5. The third kappa shape index (κ3) is 51.0. The normalized spacial score (nSPS) is 11.4. The van der Waals surface area contributed by atoms with Gasteiger partial charge in [-0.3, -0.25) is 9.59 Å². The Hall–Kier alpha value is -1.06. The molecule has 0 radical (unpaired) electrons. The van der Waals surface area contributed by atoms with Crippen molar-refractivity contribution < 1.29 is 19.1 Å². The summed E-state index contributed by atoms with van der Waals surface area (Å²) in [5, 5.41) is 0. The summed E-state index contributed by atoms with van der Waals surface area (Å²) in [5.74, 6) is -0.0150. The predicted octanol–water partition coefficient (Wildman–Crippen LogP) is 18.4. The second kappa shape index (κ2) is 51.1. The largest absolute Gasteiger partial charge is 0.466 e. The van der Waals surface area contributed by atoms with Crippen LogP contribution in [0.5, 0.6) is 0 Å². The summed E-state index contributed by atoms with van der Waals surface area (Å²) >= 11 is 0. The van der Waals surface area contributed by atoms with Gasteiger partial charge in [0.15, 0.2) is 0 Å². The summed E-state index contributed by atoms with van der Waals surface area (Å²) in [7, 11) is 0. The van der Waals surface area contributed by atoms with Crippen LogP contribution in [-0.2, 0) is 19.1 Å². The van der Waals surface area contributed by atoms with Gasteiger partial charge in [-0.2, -0.15) is 0 Å². The van der Waals surface area contributed by atoms with E-state index in [2.05, 4.69) is 13.8 Å². The van der Waals surface area contributed by atoms with E-state index in [9.17, 15) is 9.59 Å². The summed E-state index contributed by atoms with van der Waals surface area (Å²) in [5.41, 5.74) is 0. The minimum Gasteiger partial charge on any atom is -0.466 e. The van der Waals surface area contributed by atoms with E-state index in [1.807, 2.05) is 0 Å². The molecule has 4 nitrogen and oxygen atoms in total. The van der Waals surface area contributed by atoms with Crippen LogP contribution < -0.4 is 0 Å². The molecule has 0 aliphatic heterocycles. The molecule has 340 valence electrons. The number of unbranched alkanes of at least 4 members (excludes halogenated alkanes) is 42. The number of hydrogen-bond donors (Lipinski definition) is 0. The van der Waals surface area contributed by atoms with Gasteiger partial charge in [0.05, 0.1) is 13.2 Å². The van der Waals surface area contributed by atoms with E-state index < -0.39 is 0 Å². The Balaban J connectivity index is 3.22. The van der Waals surface area contributed by atoms with E-state index in [1.54, 1.807) is 0 Å². The Kier molecular flexibility index (Phi) is 50.1. The molecule has 0 aromatic carbocycles. The van der Waals surface area contributed by atoms with Gasteiger partial charge in [0.2, 0.25) is 0 Å². The van der Waals surface area contributed by atoms with Gasteiger partial charge in [0, 0.05) is 12.8 Å². The first-order chi connectivity index (χ1) is 28.2. The van der Waals surface area contributed by atoms with E-state index in [-0.39, 0.29) is 11.9 Å². The number of esters is 2. The molecule has 57 heavy (non-hydrogen) atoms. The van der Waals surface area contributed by atoms with Crippen molar-refractivity contribution in [2.24, 2.45) is 0 Å². The summed E-state index contributed by atoms with van der Waals surface area (Å²) in [4.78, 5) is 24.1. The molecule has 0 atom stereocenters. The maximum Gasteiger partial charge on any atom is 0.305 e. The quantitative estimate of drug-likeness (QED) is 0.0454. The van der Waals surface area contributed by atoms with Crippen LogP contribution in [0.2, 0.25) is 0 Å². The number of ether oxygens (including phenoxy) is 2. The Morgan fingerprint density at radius 2 is 0.386 bits per heavy atom. The first kappa shape index (κ1) is 55.9. The van der Waals surface area contributed by atoms with Gasteiger partial charge in [0.25, 0.3) is 0 Å². The van der Waals surface area contributed by atoms with Gasteiger partial charge < -0.3 is 9.47 Å². The highest BCUT2D eigenvalue weighted by Crippen LogP contribution is 2.17. The summed E-state index contributed by atoms with van der Waals surface area (Å²) in [6.07, 6.45) is 61.1. The van der Waals surface area contributed by atoms with Crippen LogP contribution in [0.3, 0.4) is 0 Å². The molecule has 0 N–H and O–H groups in total. The van der Waals surface area contributed by atoms with Crippen molar-refractivity contribution in [3.63, 3.8) is 0 Å². The van der Waals surface area contributed by atoms with Crippen molar-refractivity contribution in [3.8, 4) is 0 Å².